The number of rotatable bonds is 6. The first-order valence-corrected chi connectivity index (χ1v) is 9.15. The summed E-state index contributed by atoms with van der Waals surface area (Å²) in [5.41, 5.74) is 5.20. The van der Waals surface area contributed by atoms with Crippen molar-refractivity contribution in [1.29, 1.82) is 0 Å². The first kappa shape index (κ1) is 17.7. The number of carbonyl (C=O) groups excluding carboxylic acids is 2. The summed E-state index contributed by atoms with van der Waals surface area (Å²) in [4.78, 5) is 24.9. The van der Waals surface area contributed by atoms with Crippen molar-refractivity contribution in [2.45, 2.75) is 52.4 Å². The van der Waals surface area contributed by atoms with Crippen LogP contribution in [0.4, 0.5) is 0 Å². The van der Waals surface area contributed by atoms with E-state index in [-0.39, 0.29) is 11.6 Å². The maximum atomic E-state index is 12.7. The predicted octanol–water partition coefficient (Wildman–Crippen LogP) is 5.06. The molecule has 0 saturated carbocycles. The van der Waals surface area contributed by atoms with Crippen LogP contribution in [0.25, 0.3) is 0 Å². The molecule has 2 aliphatic rings. The molecule has 3 heteroatoms. The van der Waals surface area contributed by atoms with Crippen LogP contribution in [0.2, 0.25) is 0 Å². The minimum atomic E-state index is 0.0725. The number of Topliss-reactive ketones (excluding diaryl/α,β-unsaturated/α-hetero) is 2. The summed E-state index contributed by atoms with van der Waals surface area (Å²) in [6, 6.07) is 7.20. The normalized spacial score (nSPS) is 19.9. The van der Waals surface area contributed by atoms with Crippen LogP contribution in [0.5, 0.6) is 5.75 Å². The lowest BCUT2D eigenvalue weighted by Gasteiger charge is -2.23. The van der Waals surface area contributed by atoms with Gasteiger partial charge in [0.1, 0.15) is 5.75 Å². The fourth-order valence-electron chi connectivity index (χ4n) is 4.17. The zero-order valence-electron chi connectivity index (χ0n) is 15.4. The van der Waals surface area contributed by atoms with Crippen molar-refractivity contribution in [1.82, 2.24) is 0 Å². The van der Waals surface area contributed by atoms with Crippen molar-refractivity contribution in [3.63, 3.8) is 0 Å². The molecule has 0 heterocycles. The smallest absolute Gasteiger partial charge is 0.166 e. The van der Waals surface area contributed by atoms with Crippen LogP contribution in [0.15, 0.2) is 46.6 Å². The summed E-state index contributed by atoms with van der Waals surface area (Å²) in [6.45, 7) is 3.87. The van der Waals surface area contributed by atoms with Gasteiger partial charge in [-0.1, -0.05) is 18.9 Å². The van der Waals surface area contributed by atoms with Crippen LogP contribution in [0.1, 0.15) is 62.7 Å². The molecule has 1 aromatic rings. The molecule has 0 aromatic heterocycles. The van der Waals surface area contributed by atoms with Gasteiger partial charge in [0.15, 0.2) is 11.6 Å². The Labute approximate surface area is 149 Å². The second-order valence-electron chi connectivity index (χ2n) is 7.14. The Kier molecular flexibility index (Phi) is 5.22. The highest BCUT2D eigenvalue weighted by atomic mass is 16.5. The molecule has 25 heavy (non-hydrogen) atoms. The van der Waals surface area contributed by atoms with E-state index in [0.717, 1.165) is 48.5 Å². The highest BCUT2D eigenvalue weighted by Crippen LogP contribution is 2.45. The second kappa shape index (κ2) is 7.38. The highest BCUT2D eigenvalue weighted by Gasteiger charge is 2.32. The molecular formula is C22H26O3. The summed E-state index contributed by atoms with van der Waals surface area (Å²) in [6.07, 6.45) is 5.57. The Morgan fingerprint density at radius 1 is 1.20 bits per heavy atom. The minimum Gasteiger partial charge on any atom is -0.497 e. The van der Waals surface area contributed by atoms with Crippen molar-refractivity contribution in [2.75, 3.05) is 7.11 Å². The summed E-state index contributed by atoms with van der Waals surface area (Å²) in [5, 5.41) is 0. The van der Waals surface area contributed by atoms with E-state index >= 15 is 0 Å². The standard InChI is InChI=1S/C22H26O3/c1-4-15-5-10-20-17(11-15)12-18(22(20)14(2)23)13-21(24)16-6-8-19(25-3)9-7-16/h6-9,15H,4-5,10-13H2,1-3H3. The molecular weight excluding hydrogens is 312 g/mol. The van der Waals surface area contributed by atoms with Gasteiger partial charge < -0.3 is 4.74 Å². The van der Waals surface area contributed by atoms with Crippen molar-refractivity contribution in [2.24, 2.45) is 5.92 Å². The van der Waals surface area contributed by atoms with Crippen molar-refractivity contribution in [3.05, 3.63) is 52.1 Å². The van der Waals surface area contributed by atoms with E-state index in [1.54, 1.807) is 38.3 Å². The summed E-state index contributed by atoms with van der Waals surface area (Å²) in [7, 11) is 1.61. The molecule has 0 radical (unpaired) electrons. The fourth-order valence-corrected chi connectivity index (χ4v) is 4.17. The molecule has 3 nitrogen and oxygen atoms in total. The lowest BCUT2D eigenvalue weighted by atomic mass is 9.82. The van der Waals surface area contributed by atoms with Gasteiger partial charge >= 0.3 is 0 Å². The van der Waals surface area contributed by atoms with Gasteiger partial charge in [0.2, 0.25) is 0 Å². The van der Waals surface area contributed by atoms with E-state index < -0.39 is 0 Å². The minimum absolute atomic E-state index is 0.0725. The molecule has 0 N–H and O–H groups in total. The number of hydrogen-bond acceptors (Lipinski definition) is 3. The van der Waals surface area contributed by atoms with E-state index in [1.807, 2.05) is 0 Å². The van der Waals surface area contributed by atoms with Gasteiger partial charge in [-0.15, -0.1) is 0 Å². The lowest BCUT2D eigenvalue weighted by molar-refractivity contribution is -0.113. The Balaban J connectivity index is 1.80. The monoisotopic (exact) mass is 338 g/mol. The highest BCUT2D eigenvalue weighted by molar-refractivity contribution is 6.03. The first-order valence-electron chi connectivity index (χ1n) is 9.15. The SMILES string of the molecule is CCC1CCC2=C(CC(CC(=O)c3ccc(OC)cc3)=C2C(C)=O)C1. The number of carbonyl (C=O) groups is 2. The molecule has 0 fully saturated rings. The van der Waals surface area contributed by atoms with Crippen LogP contribution in [0, 0.1) is 5.92 Å². The number of hydrogen-bond donors (Lipinski definition) is 0. The summed E-state index contributed by atoms with van der Waals surface area (Å²) >= 11 is 0. The number of ether oxygens (including phenoxy) is 1. The third-order valence-corrected chi connectivity index (χ3v) is 5.56. The quantitative estimate of drug-likeness (QED) is 0.681. The molecule has 1 aromatic carbocycles. The largest absolute Gasteiger partial charge is 0.497 e. The third kappa shape index (κ3) is 3.60. The van der Waals surface area contributed by atoms with Gasteiger partial charge in [-0.25, -0.2) is 0 Å². The molecule has 3 rings (SSSR count). The fraction of sp³-hybridized carbons (Fsp3) is 0.455. The molecule has 1 atom stereocenters. The van der Waals surface area contributed by atoms with Gasteiger partial charge in [-0.2, -0.15) is 0 Å². The second-order valence-corrected chi connectivity index (χ2v) is 7.14. The van der Waals surface area contributed by atoms with Gasteiger partial charge in [0.05, 0.1) is 7.11 Å². The Morgan fingerprint density at radius 3 is 2.52 bits per heavy atom. The van der Waals surface area contributed by atoms with Gasteiger partial charge in [-0.05, 0) is 73.9 Å². The maximum absolute atomic E-state index is 12.7. The van der Waals surface area contributed by atoms with Gasteiger partial charge in [0, 0.05) is 17.6 Å². The van der Waals surface area contributed by atoms with Crippen LogP contribution in [-0.2, 0) is 4.79 Å². The summed E-state index contributed by atoms with van der Waals surface area (Å²) < 4.78 is 5.14. The van der Waals surface area contributed by atoms with E-state index in [9.17, 15) is 9.59 Å². The Morgan fingerprint density at radius 2 is 1.92 bits per heavy atom. The molecule has 0 saturated heterocycles. The lowest BCUT2D eigenvalue weighted by Crippen LogP contribution is -2.10. The zero-order chi connectivity index (χ0) is 18.0. The van der Waals surface area contributed by atoms with E-state index in [4.69, 9.17) is 4.74 Å². The van der Waals surface area contributed by atoms with Gasteiger partial charge in [0.25, 0.3) is 0 Å². The predicted molar refractivity (Wildman–Crippen MR) is 98.9 cm³/mol. The summed E-state index contributed by atoms with van der Waals surface area (Å²) in [5.74, 6) is 1.65. The third-order valence-electron chi connectivity index (χ3n) is 5.56. The van der Waals surface area contributed by atoms with Crippen molar-refractivity contribution < 1.29 is 14.3 Å². The molecule has 0 aliphatic heterocycles. The molecule has 0 spiro atoms. The van der Waals surface area contributed by atoms with Gasteiger partial charge in [-0.3, -0.25) is 9.59 Å². The first-order chi connectivity index (χ1) is 12.0. The zero-order valence-corrected chi connectivity index (χ0v) is 15.4. The molecule has 0 amide bonds. The van der Waals surface area contributed by atoms with Crippen LogP contribution < -0.4 is 4.74 Å². The average molecular weight is 338 g/mol. The van der Waals surface area contributed by atoms with E-state index in [2.05, 4.69) is 6.92 Å². The van der Waals surface area contributed by atoms with Crippen molar-refractivity contribution in [3.8, 4) is 5.75 Å². The number of methoxy groups -OCH3 is 1. The number of benzene rings is 1. The van der Waals surface area contributed by atoms with E-state index in [1.165, 1.54) is 17.6 Å². The molecule has 132 valence electrons. The maximum Gasteiger partial charge on any atom is 0.166 e. The number of allylic oxidation sites excluding steroid dienone is 4. The molecule has 0 bridgehead atoms. The van der Waals surface area contributed by atoms with Crippen LogP contribution >= 0.6 is 0 Å². The van der Waals surface area contributed by atoms with Crippen LogP contribution in [0.3, 0.4) is 0 Å². The Bertz CT molecular complexity index is 750. The molecule has 2 aliphatic carbocycles. The van der Waals surface area contributed by atoms with E-state index in [0.29, 0.717) is 12.0 Å². The van der Waals surface area contributed by atoms with Crippen LogP contribution in [-0.4, -0.2) is 18.7 Å². The average Bonchev–Trinajstić information content (AvgIpc) is 2.98. The number of ketones is 2. The van der Waals surface area contributed by atoms with Crippen molar-refractivity contribution >= 4 is 11.6 Å². The Hall–Kier alpha value is -2.16. The topological polar surface area (TPSA) is 43.4 Å². The molecule has 1 unspecified atom stereocenters.